The second kappa shape index (κ2) is 8.32. The van der Waals surface area contributed by atoms with Gasteiger partial charge in [-0.1, -0.05) is 0 Å². The van der Waals surface area contributed by atoms with Crippen LogP contribution >= 0.6 is 0 Å². The first-order chi connectivity index (χ1) is 4.50. The smallest absolute Gasteiger partial charge is 0.466 e. The second-order valence-electron chi connectivity index (χ2n) is 1.17. The van der Waals surface area contributed by atoms with E-state index in [-0.39, 0.29) is 5.97 Å². The van der Waals surface area contributed by atoms with Gasteiger partial charge in [-0.15, -0.1) is 0 Å². The first kappa shape index (κ1) is 12.0. The molecule has 6 heteroatoms. The van der Waals surface area contributed by atoms with E-state index in [4.69, 9.17) is 0 Å². The van der Waals surface area contributed by atoms with Crippen LogP contribution in [0.3, 0.4) is 0 Å². The van der Waals surface area contributed by atoms with Gasteiger partial charge in [0.25, 0.3) is 0 Å². The molecule has 0 aliphatic rings. The lowest BCUT2D eigenvalue weighted by atomic mass is 10.5. The van der Waals surface area contributed by atoms with Crippen LogP contribution in [0.15, 0.2) is 0 Å². The molecule has 0 rings (SSSR count). The van der Waals surface area contributed by atoms with Crippen molar-refractivity contribution in [1.29, 1.82) is 0 Å². The highest BCUT2D eigenvalue weighted by molar-refractivity contribution is 6.33. The van der Waals surface area contributed by atoms with Gasteiger partial charge in [-0.05, 0) is 6.92 Å². The van der Waals surface area contributed by atoms with Crippen LogP contribution in [0, 0.1) is 0 Å². The highest BCUT2D eigenvalue weighted by Gasteiger charge is 2.06. The molecule has 0 atom stereocenters. The molecule has 0 bridgehead atoms. The lowest BCUT2D eigenvalue weighted by Gasteiger charge is -1.89. The topological polar surface area (TPSA) is 26.3 Å². The van der Waals surface area contributed by atoms with Crippen molar-refractivity contribution >= 4 is 13.5 Å². The van der Waals surface area contributed by atoms with E-state index in [1.165, 1.54) is 6.92 Å². The predicted molar refractivity (Wildman–Crippen MR) is 31.4 cm³/mol. The summed E-state index contributed by atoms with van der Waals surface area (Å²) in [6.07, 6.45) is 0. The summed E-state index contributed by atoms with van der Waals surface area (Å²) in [6, 6.07) is 0. The zero-order valence-corrected chi connectivity index (χ0v) is 5.73. The molecule has 0 N–H and O–H groups in total. The molecule has 0 aromatic carbocycles. The zero-order valence-electron chi connectivity index (χ0n) is 5.73. The Balaban J connectivity index is 0. The number of rotatable bonds is 1. The van der Waals surface area contributed by atoms with Crippen LogP contribution in [0.1, 0.15) is 13.8 Å². The van der Waals surface area contributed by atoms with E-state index >= 15 is 0 Å². The zero-order chi connectivity index (χ0) is 8.57. The molecule has 0 unspecified atom stereocenters. The lowest BCUT2D eigenvalue weighted by Crippen LogP contribution is -1.95. The fourth-order valence-corrected chi connectivity index (χ4v) is 0.203. The molecule has 0 saturated heterocycles. The molecule has 0 saturated carbocycles. The van der Waals surface area contributed by atoms with Gasteiger partial charge in [0, 0.05) is 6.92 Å². The molecule has 0 amide bonds. The van der Waals surface area contributed by atoms with Crippen molar-refractivity contribution in [3.8, 4) is 0 Å². The maximum atomic E-state index is 9.82. The Bertz CT molecular complexity index is 85.8. The lowest BCUT2D eigenvalue weighted by molar-refractivity contribution is -0.140. The minimum absolute atomic E-state index is 0.211. The highest BCUT2D eigenvalue weighted by atomic mass is 19.4. The summed E-state index contributed by atoms with van der Waals surface area (Å²) in [6.45, 7) is 3.65. The monoisotopic (exact) mass is 156 g/mol. The number of hydrogen-bond donors (Lipinski definition) is 0. The fourth-order valence-electron chi connectivity index (χ4n) is 0.203. The molecule has 0 fully saturated rings. The maximum absolute atomic E-state index is 9.82. The molecule has 0 aromatic heterocycles. The van der Waals surface area contributed by atoms with Gasteiger partial charge in [-0.2, -0.15) is 0 Å². The van der Waals surface area contributed by atoms with E-state index in [9.17, 15) is 17.7 Å². The Morgan fingerprint density at radius 2 is 1.80 bits per heavy atom. The molecule has 0 aromatic rings. The van der Waals surface area contributed by atoms with Gasteiger partial charge in [0.15, 0.2) is 0 Å². The molecule has 2 nitrogen and oxygen atoms in total. The first-order valence-corrected chi connectivity index (χ1v) is 2.56. The van der Waals surface area contributed by atoms with Gasteiger partial charge in [0.1, 0.15) is 0 Å². The molecule has 0 spiro atoms. The van der Waals surface area contributed by atoms with Crippen molar-refractivity contribution < 1.29 is 22.5 Å². The third kappa shape index (κ3) is 54.2. The van der Waals surface area contributed by atoms with Crippen molar-refractivity contribution in [1.82, 2.24) is 0 Å². The summed E-state index contributed by atoms with van der Waals surface area (Å²) in [5, 5.41) is 0. The Hall–Kier alpha value is -0.675. The Morgan fingerprint density at radius 3 is 1.80 bits per heavy atom. The van der Waals surface area contributed by atoms with Gasteiger partial charge in [-0.3, -0.25) is 17.7 Å². The number of esters is 1. The van der Waals surface area contributed by atoms with E-state index in [1.54, 1.807) is 6.92 Å². The number of carbonyl (C=O) groups excluding carboxylic acids is 1. The fraction of sp³-hybridized carbons (Fsp3) is 0.750. The number of ether oxygens (including phenoxy) is 1. The van der Waals surface area contributed by atoms with Crippen LogP contribution in [0.25, 0.3) is 0 Å². The highest BCUT2D eigenvalue weighted by Crippen LogP contribution is 1.80. The molecule has 0 heterocycles. The molecular weight excluding hydrogens is 148 g/mol. The van der Waals surface area contributed by atoms with E-state index in [0.717, 1.165) is 0 Å². The average Bonchev–Trinajstić information content (AvgIpc) is 1.62. The summed E-state index contributed by atoms with van der Waals surface area (Å²) in [4.78, 5) is 9.82. The van der Waals surface area contributed by atoms with Gasteiger partial charge < -0.3 is 4.74 Å². The predicted octanol–water partition coefficient (Wildman–Crippen LogP) is 1.45. The number of carbonyl (C=O) groups is 1. The second-order valence-corrected chi connectivity index (χ2v) is 1.17. The van der Waals surface area contributed by atoms with Crippen LogP contribution in [0.2, 0.25) is 0 Å². The van der Waals surface area contributed by atoms with E-state index < -0.39 is 7.54 Å². The standard InChI is InChI=1S/C4H8O2.BF3/c1-3-6-4(2)5;2-1(3)4/h3H2,1-2H3;. The SMILES string of the molecule is CCOC(C)=O.FB(F)F. The quantitative estimate of drug-likeness (QED) is 0.424. The summed E-state index contributed by atoms with van der Waals surface area (Å²) in [7, 11) is -3.67. The van der Waals surface area contributed by atoms with Crippen molar-refractivity contribution in [3.63, 3.8) is 0 Å². The molecule has 10 heavy (non-hydrogen) atoms. The Labute approximate surface area is 57.6 Å². The van der Waals surface area contributed by atoms with Crippen molar-refractivity contribution in [2.75, 3.05) is 6.61 Å². The molecule has 0 radical (unpaired) electrons. The molecule has 0 aliphatic carbocycles. The van der Waals surface area contributed by atoms with Crippen LogP contribution in [0.5, 0.6) is 0 Å². The summed E-state index contributed by atoms with van der Waals surface area (Å²) in [5.74, 6) is -0.211. The third-order valence-electron chi connectivity index (χ3n) is 0.348. The van der Waals surface area contributed by atoms with Crippen molar-refractivity contribution in [2.45, 2.75) is 13.8 Å². The Morgan fingerprint density at radius 1 is 1.50 bits per heavy atom. The molecule has 60 valence electrons. The third-order valence-corrected chi connectivity index (χ3v) is 0.348. The van der Waals surface area contributed by atoms with Gasteiger partial charge in [0.05, 0.1) is 6.61 Å². The molecule has 0 aliphatic heterocycles. The van der Waals surface area contributed by atoms with Crippen molar-refractivity contribution in [3.05, 3.63) is 0 Å². The van der Waals surface area contributed by atoms with E-state index in [0.29, 0.717) is 6.61 Å². The van der Waals surface area contributed by atoms with Crippen molar-refractivity contribution in [2.24, 2.45) is 0 Å². The summed E-state index contributed by atoms with van der Waals surface area (Å²) >= 11 is 0. The van der Waals surface area contributed by atoms with Crippen LogP contribution < -0.4 is 0 Å². The number of hydrogen-bond acceptors (Lipinski definition) is 2. The van der Waals surface area contributed by atoms with Crippen LogP contribution in [-0.4, -0.2) is 20.1 Å². The van der Waals surface area contributed by atoms with Crippen LogP contribution in [-0.2, 0) is 9.53 Å². The van der Waals surface area contributed by atoms with E-state index in [1.807, 2.05) is 0 Å². The average molecular weight is 156 g/mol. The van der Waals surface area contributed by atoms with E-state index in [2.05, 4.69) is 4.74 Å². The minimum atomic E-state index is -3.67. The minimum Gasteiger partial charge on any atom is -0.466 e. The summed E-state index contributed by atoms with van der Waals surface area (Å²) in [5.41, 5.74) is 0. The normalized spacial score (nSPS) is 7.30. The van der Waals surface area contributed by atoms with Gasteiger partial charge in [-0.25, -0.2) is 0 Å². The Kier molecular flexibility index (Phi) is 10.0. The summed E-state index contributed by atoms with van der Waals surface area (Å²) < 4.78 is 33.4. The maximum Gasteiger partial charge on any atom is 0.762 e. The van der Waals surface area contributed by atoms with Gasteiger partial charge >= 0.3 is 13.5 Å². The molecular formula is C4H8BF3O2. The number of halogens is 3. The van der Waals surface area contributed by atoms with Gasteiger partial charge in [0.2, 0.25) is 0 Å². The largest absolute Gasteiger partial charge is 0.762 e. The van der Waals surface area contributed by atoms with Crippen LogP contribution in [0.4, 0.5) is 12.9 Å². The first-order valence-electron chi connectivity index (χ1n) is 2.56.